The summed E-state index contributed by atoms with van der Waals surface area (Å²) in [6.45, 7) is 0. The molecule has 0 saturated heterocycles. The third kappa shape index (κ3) is 5.51. The second kappa shape index (κ2) is 9.05. The van der Waals surface area contributed by atoms with Crippen LogP contribution in [0.25, 0.3) is 0 Å². The van der Waals surface area contributed by atoms with Crippen molar-refractivity contribution in [2.45, 2.75) is 69.6 Å². The lowest BCUT2D eigenvalue weighted by molar-refractivity contribution is -0.138. The molecule has 2 rings (SSSR count). The van der Waals surface area contributed by atoms with E-state index < -0.39 is 29.8 Å². The summed E-state index contributed by atoms with van der Waals surface area (Å²) in [6, 6.07) is -1.41. The van der Waals surface area contributed by atoms with Crippen molar-refractivity contribution in [3.63, 3.8) is 0 Å². The summed E-state index contributed by atoms with van der Waals surface area (Å²) >= 11 is 0. The van der Waals surface area contributed by atoms with Crippen LogP contribution in [0.1, 0.15) is 50.6 Å². The number of Topliss-reactive ketones (excluding diaryl/α,β-unsaturated/α-hetero) is 2. The second-order valence-electron chi connectivity index (χ2n) is 6.85. The number of carbonyl (C=O) groups excluding carboxylic acids is 2. The third-order valence-electron chi connectivity index (χ3n) is 4.83. The summed E-state index contributed by atoms with van der Waals surface area (Å²) in [5.41, 5.74) is 12.5. The first-order chi connectivity index (χ1) is 11.5. The Bertz CT molecular complexity index is 526. The van der Waals surface area contributed by atoms with Crippen molar-refractivity contribution in [1.29, 1.82) is 0 Å². The van der Waals surface area contributed by atoms with Gasteiger partial charge >= 0.3 is 0 Å². The molecule has 1 fully saturated rings. The molecule has 1 saturated carbocycles. The molecule has 6 N–H and O–H groups in total. The molecule has 1 unspecified atom stereocenters. The van der Waals surface area contributed by atoms with Crippen LogP contribution < -0.4 is 11.5 Å². The van der Waals surface area contributed by atoms with Crippen molar-refractivity contribution in [1.82, 2.24) is 9.97 Å². The predicted octanol–water partition coefficient (Wildman–Crippen LogP) is 0.466. The Morgan fingerprint density at radius 1 is 1.29 bits per heavy atom. The normalized spacial score (nSPS) is 19.6. The van der Waals surface area contributed by atoms with E-state index >= 15 is 0 Å². The van der Waals surface area contributed by atoms with E-state index in [4.69, 9.17) is 11.5 Å². The minimum absolute atomic E-state index is 0.217. The van der Waals surface area contributed by atoms with Gasteiger partial charge in [0.1, 0.15) is 0 Å². The number of carbonyl (C=O) groups is 2. The van der Waals surface area contributed by atoms with Crippen LogP contribution >= 0.6 is 0 Å². The van der Waals surface area contributed by atoms with E-state index in [9.17, 15) is 14.7 Å². The zero-order valence-corrected chi connectivity index (χ0v) is 14.0. The van der Waals surface area contributed by atoms with Gasteiger partial charge in [-0.15, -0.1) is 0 Å². The van der Waals surface area contributed by atoms with Gasteiger partial charge in [-0.3, -0.25) is 9.59 Å². The highest BCUT2D eigenvalue weighted by Gasteiger charge is 2.28. The van der Waals surface area contributed by atoms with Crippen LogP contribution in [0.3, 0.4) is 0 Å². The lowest BCUT2D eigenvalue weighted by atomic mass is 9.83. The maximum Gasteiger partial charge on any atom is 0.215 e. The zero-order chi connectivity index (χ0) is 17.5. The zero-order valence-electron chi connectivity index (χ0n) is 14.0. The van der Waals surface area contributed by atoms with Gasteiger partial charge in [0.25, 0.3) is 0 Å². The minimum atomic E-state index is -0.997. The van der Waals surface area contributed by atoms with Crippen molar-refractivity contribution in [3.05, 3.63) is 18.2 Å². The molecule has 3 atom stereocenters. The molecule has 0 spiro atoms. The molecule has 7 nitrogen and oxygen atoms in total. The number of aromatic amines is 1. The van der Waals surface area contributed by atoms with Crippen LogP contribution in [0, 0.1) is 5.92 Å². The first-order valence-electron chi connectivity index (χ1n) is 8.71. The average Bonchev–Trinajstić information content (AvgIpc) is 3.07. The largest absolute Gasteiger partial charge is 0.391 e. The smallest absolute Gasteiger partial charge is 0.215 e. The van der Waals surface area contributed by atoms with Crippen molar-refractivity contribution in [2.24, 2.45) is 17.4 Å². The SMILES string of the molecule is NC(Cc1cnc[nH]1)C(=O)C(=O)C[C@H](O)[C@@H](N)CC1CCCCC1. The van der Waals surface area contributed by atoms with Gasteiger partial charge in [-0.1, -0.05) is 32.1 Å². The number of ketones is 2. The Kier molecular flexibility index (Phi) is 7.08. The van der Waals surface area contributed by atoms with Gasteiger partial charge in [-0.25, -0.2) is 4.98 Å². The number of rotatable bonds is 9. The highest BCUT2D eigenvalue weighted by molar-refractivity contribution is 6.39. The Morgan fingerprint density at radius 3 is 2.62 bits per heavy atom. The fraction of sp³-hybridized carbons (Fsp3) is 0.706. The fourth-order valence-electron chi connectivity index (χ4n) is 3.34. The average molecular weight is 336 g/mol. The highest BCUT2D eigenvalue weighted by atomic mass is 16.3. The molecule has 1 aliphatic rings. The molecule has 134 valence electrons. The molecular formula is C17H28N4O3. The summed E-state index contributed by atoms with van der Waals surface area (Å²) in [6.07, 6.45) is 8.62. The minimum Gasteiger partial charge on any atom is -0.391 e. The van der Waals surface area contributed by atoms with E-state index in [0.717, 1.165) is 12.8 Å². The summed E-state index contributed by atoms with van der Waals surface area (Å²) in [5.74, 6) is -0.820. The number of hydrogen-bond donors (Lipinski definition) is 4. The van der Waals surface area contributed by atoms with Crippen LogP contribution in [0.15, 0.2) is 12.5 Å². The lowest BCUT2D eigenvalue weighted by Gasteiger charge is -2.26. The lowest BCUT2D eigenvalue weighted by Crippen LogP contribution is -2.43. The quantitative estimate of drug-likeness (QED) is 0.484. The molecule has 1 aromatic rings. The molecule has 0 aromatic carbocycles. The topological polar surface area (TPSA) is 135 Å². The van der Waals surface area contributed by atoms with Crippen LogP contribution in [0.2, 0.25) is 0 Å². The summed E-state index contributed by atoms with van der Waals surface area (Å²) in [5, 5.41) is 10.2. The summed E-state index contributed by atoms with van der Waals surface area (Å²) in [4.78, 5) is 30.8. The van der Waals surface area contributed by atoms with Gasteiger partial charge in [-0.05, 0) is 12.3 Å². The first-order valence-corrected chi connectivity index (χ1v) is 8.71. The van der Waals surface area contributed by atoms with Crippen LogP contribution in [0.5, 0.6) is 0 Å². The Hall–Kier alpha value is -1.57. The van der Waals surface area contributed by atoms with Gasteiger partial charge in [0.05, 0.1) is 18.5 Å². The fourth-order valence-corrected chi connectivity index (χ4v) is 3.34. The Balaban J connectivity index is 1.77. The molecule has 1 heterocycles. The molecule has 7 heteroatoms. The molecule has 0 amide bonds. The van der Waals surface area contributed by atoms with Gasteiger partial charge < -0.3 is 21.6 Å². The third-order valence-corrected chi connectivity index (χ3v) is 4.83. The number of H-pyrrole nitrogens is 1. The number of aromatic nitrogens is 2. The number of imidazole rings is 1. The second-order valence-corrected chi connectivity index (χ2v) is 6.85. The number of nitrogens with zero attached hydrogens (tertiary/aromatic N) is 1. The maximum atomic E-state index is 12.1. The molecule has 0 radical (unpaired) electrons. The Morgan fingerprint density at radius 2 is 2.00 bits per heavy atom. The molecule has 0 bridgehead atoms. The molecule has 1 aliphatic carbocycles. The van der Waals surface area contributed by atoms with E-state index in [-0.39, 0.29) is 12.8 Å². The maximum absolute atomic E-state index is 12.1. The number of aliphatic hydroxyl groups is 1. The predicted molar refractivity (Wildman–Crippen MR) is 90.1 cm³/mol. The Labute approximate surface area is 142 Å². The standard InChI is InChI=1S/C17H28N4O3/c18-13(6-11-4-2-1-3-5-11)15(22)8-16(23)17(24)14(19)7-12-9-20-10-21-12/h9-11,13-15,22H,1-8,18-19H2,(H,20,21)/t13-,14?,15-/m0/s1. The van der Waals surface area contributed by atoms with Crippen LogP contribution in [-0.2, 0) is 16.0 Å². The van der Waals surface area contributed by atoms with E-state index in [1.165, 1.54) is 25.6 Å². The van der Waals surface area contributed by atoms with E-state index in [1.807, 2.05) is 0 Å². The van der Waals surface area contributed by atoms with Crippen molar-refractivity contribution >= 4 is 11.6 Å². The number of hydrogen-bond acceptors (Lipinski definition) is 6. The molecule has 1 aromatic heterocycles. The molecular weight excluding hydrogens is 308 g/mol. The highest BCUT2D eigenvalue weighted by Crippen LogP contribution is 2.27. The van der Waals surface area contributed by atoms with Crippen molar-refractivity contribution < 1.29 is 14.7 Å². The van der Waals surface area contributed by atoms with Crippen molar-refractivity contribution in [2.75, 3.05) is 0 Å². The van der Waals surface area contributed by atoms with Gasteiger partial charge in [0, 0.05) is 30.8 Å². The van der Waals surface area contributed by atoms with Gasteiger partial charge in [0.2, 0.25) is 11.6 Å². The summed E-state index contributed by atoms with van der Waals surface area (Å²) in [7, 11) is 0. The van der Waals surface area contributed by atoms with E-state index in [0.29, 0.717) is 18.0 Å². The number of aliphatic hydroxyl groups excluding tert-OH is 1. The van der Waals surface area contributed by atoms with E-state index in [2.05, 4.69) is 9.97 Å². The molecule has 24 heavy (non-hydrogen) atoms. The van der Waals surface area contributed by atoms with Crippen LogP contribution in [0.4, 0.5) is 0 Å². The molecule has 0 aliphatic heterocycles. The number of nitrogens with two attached hydrogens (primary N) is 2. The first kappa shape index (κ1) is 18.8. The number of nitrogens with one attached hydrogen (secondary N) is 1. The van der Waals surface area contributed by atoms with E-state index in [1.54, 1.807) is 6.20 Å². The van der Waals surface area contributed by atoms with Gasteiger partial charge in [0.15, 0.2) is 0 Å². The van der Waals surface area contributed by atoms with Crippen molar-refractivity contribution in [3.8, 4) is 0 Å². The van der Waals surface area contributed by atoms with Crippen LogP contribution in [-0.4, -0.2) is 44.8 Å². The van der Waals surface area contributed by atoms with Gasteiger partial charge in [-0.2, -0.15) is 0 Å². The monoisotopic (exact) mass is 336 g/mol. The summed E-state index contributed by atoms with van der Waals surface area (Å²) < 4.78 is 0.